The summed E-state index contributed by atoms with van der Waals surface area (Å²) in [5.41, 5.74) is 5.49. The predicted octanol–water partition coefficient (Wildman–Crippen LogP) is 6.81. The number of rotatable bonds is 4. The van der Waals surface area contributed by atoms with Gasteiger partial charge < -0.3 is 0 Å². The van der Waals surface area contributed by atoms with Gasteiger partial charge in [0.25, 0.3) is 0 Å². The van der Waals surface area contributed by atoms with Crippen LogP contribution in [0.4, 0.5) is 5.82 Å². The average Bonchev–Trinajstić information content (AvgIpc) is 2.69. The van der Waals surface area contributed by atoms with Crippen LogP contribution in [0.15, 0.2) is 76.3 Å². The van der Waals surface area contributed by atoms with E-state index in [1.54, 1.807) is 18.3 Å². The molecule has 28 heavy (non-hydrogen) atoms. The highest BCUT2D eigenvalue weighted by molar-refractivity contribution is 9.10. The Morgan fingerprint density at radius 2 is 1.71 bits per heavy atom. The van der Waals surface area contributed by atoms with Crippen molar-refractivity contribution in [2.75, 3.05) is 5.43 Å². The van der Waals surface area contributed by atoms with E-state index in [4.69, 9.17) is 23.2 Å². The monoisotopic (exact) mass is 470 g/mol. The van der Waals surface area contributed by atoms with Gasteiger partial charge in [0.15, 0.2) is 11.6 Å². The Morgan fingerprint density at radius 1 is 0.929 bits per heavy atom. The lowest BCUT2D eigenvalue weighted by Crippen LogP contribution is -1.99. The maximum atomic E-state index is 6.35. The number of hydrogen-bond acceptors (Lipinski definition) is 4. The molecule has 138 valence electrons. The number of anilines is 1. The van der Waals surface area contributed by atoms with Crippen molar-refractivity contribution in [1.82, 2.24) is 9.97 Å². The molecule has 4 rings (SSSR count). The SMILES string of the molecule is Clc1ccc(-c2nc(N/N=C/c3ccc(Br)cc3)c3ccccc3n2)c(Cl)c1. The van der Waals surface area contributed by atoms with Gasteiger partial charge in [-0.15, -0.1) is 0 Å². The molecule has 0 spiro atoms. The van der Waals surface area contributed by atoms with E-state index in [0.717, 1.165) is 20.9 Å². The van der Waals surface area contributed by atoms with Crippen LogP contribution in [0, 0.1) is 0 Å². The number of aromatic nitrogens is 2. The van der Waals surface area contributed by atoms with Crippen LogP contribution >= 0.6 is 39.1 Å². The third-order valence-corrected chi connectivity index (χ3v) is 5.11. The van der Waals surface area contributed by atoms with E-state index < -0.39 is 0 Å². The molecule has 0 atom stereocenters. The standard InChI is InChI=1S/C21H13BrCl2N4/c22-14-7-5-13(6-8-14)12-25-28-21-17-3-1-2-4-19(17)26-20(27-21)16-10-9-15(23)11-18(16)24/h1-12H,(H,26,27,28)/b25-12+. The molecule has 1 aromatic heterocycles. The summed E-state index contributed by atoms with van der Waals surface area (Å²) >= 11 is 15.8. The second-order valence-electron chi connectivity index (χ2n) is 5.96. The number of fused-ring (bicyclic) bond motifs is 1. The minimum absolute atomic E-state index is 0.493. The maximum absolute atomic E-state index is 6.35. The highest BCUT2D eigenvalue weighted by atomic mass is 79.9. The van der Waals surface area contributed by atoms with E-state index in [9.17, 15) is 0 Å². The Bertz CT molecular complexity index is 1180. The number of hydrogen-bond donors (Lipinski definition) is 1. The molecule has 4 nitrogen and oxygen atoms in total. The van der Waals surface area contributed by atoms with Gasteiger partial charge in [0.1, 0.15) is 0 Å². The molecule has 0 unspecified atom stereocenters. The molecule has 0 saturated heterocycles. The molecule has 0 aliphatic carbocycles. The molecule has 0 amide bonds. The smallest absolute Gasteiger partial charge is 0.163 e. The van der Waals surface area contributed by atoms with Gasteiger partial charge in [0, 0.05) is 20.4 Å². The van der Waals surface area contributed by atoms with Crippen LogP contribution in [-0.4, -0.2) is 16.2 Å². The number of halogens is 3. The fourth-order valence-electron chi connectivity index (χ4n) is 2.67. The van der Waals surface area contributed by atoms with Crippen molar-refractivity contribution >= 4 is 62.1 Å². The molecule has 0 saturated carbocycles. The van der Waals surface area contributed by atoms with Gasteiger partial charge in [-0.2, -0.15) is 5.10 Å². The zero-order valence-corrected chi connectivity index (χ0v) is 17.5. The van der Waals surface area contributed by atoms with Crippen molar-refractivity contribution in [3.05, 3.63) is 86.8 Å². The van der Waals surface area contributed by atoms with Gasteiger partial charge in [0.05, 0.1) is 16.8 Å². The molecule has 0 radical (unpaired) electrons. The first-order chi connectivity index (χ1) is 13.6. The summed E-state index contributed by atoms with van der Waals surface area (Å²) in [6.07, 6.45) is 1.73. The third kappa shape index (κ3) is 4.17. The molecular formula is C21H13BrCl2N4. The van der Waals surface area contributed by atoms with Crippen LogP contribution in [0.3, 0.4) is 0 Å². The lowest BCUT2D eigenvalue weighted by Gasteiger charge is -2.09. The summed E-state index contributed by atoms with van der Waals surface area (Å²) in [7, 11) is 0. The molecule has 0 bridgehead atoms. The van der Waals surface area contributed by atoms with Crippen LogP contribution < -0.4 is 5.43 Å². The van der Waals surface area contributed by atoms with Crippen molar-refractivity contribution in [3.63, 3.8) is 0 Å². The summed E-state index contributed by atoms with van der Waals surface area (Å²) in [6.45, 7) is 0. The van der Waals surface area contributed by atoms with Crippen LogP contribution in [0.2, 0.25) is 10.0 Å². The number of hydrazone groups is 1. The van der Waals surface area contributed by atoms with Crippen molar-refractivity contribution in [1.29, 1.82) is 0 Å². The number of nitrogens with zero attached hydrogens (tertiary/aromatic N) is 3. The molecule has 0 aliphatic rings. The van der Waals surface area contributed by atoms with Crippen molar-refractivity contribution in [2.24, 2.45) is 5.10 Å². The van der Waals surface area contributed by atoms with Crippen LogP contribution in [-0.2, 0) is 0 Å². The lowest BCUT2D eigenvalue weighted by molar-refractivity contribution is 1.19. The molecule has 0 aliphatic heterocycles. The molecule has 0 fully saturated rings. The fraction of sp³-hybridized carbons (Fsp3) is 0. The quantitative estimate of drug-likeness (QED) is 0.262. The topological polar surface area (TPSA) is 50.2 Å². The van der Waals surface area contributed by atoms with E-state index in [2.05, 4.69) is 36.4 Å². The zero-order chi connectivity index (χ0) is 19.5. The van der Waals surface area contributed by atoms with Gasteiger partial charge in [-0.3, -0.25) is 5.43 Å². The Morgan fingerprint density at radius 3 is 2.50 bits per heavy atom. The summed E-state index contributed by atoms with van der Waals surface area (Å²) in [5, 5.41) is 6.25. The van der Waals surface area contributed by atoms with Gasteiger partial charge in [-0.05, 0) is 48.0 Å². The molecule has 7 heteroatoms. The summed E-state index contributed by atoms with van der Waals surface area (Å²) in [4.78, 5) is 9.27. The number of para-hydroxylation sites is 1. The minimum atomic E-state index is 0.493. The Kier molecular flexibility index (Phi) is 5.57. The Balaban J connectivity index is 1.73. The van der Waals surface area contributed by atoms with Crippen molar-refractivity contribution < 1.29 is 0 Å². The highest BCUT2D eigenvalue weighted by Gasteiger charge is 2.12. The Hall–Kier alpha value is -2.47. The Labute approximate surface area is 180 Å². The second kappa shape index (κ2) is 8.27. The van der Waals surface area contributed by atoms with Gasteiger partial charge in [-0.1, -0.05) is 63.4 Å². The summed E-state index contributed by atoms with van der Waals surface area (Å²) in [5.74, 6) is 1.10. The first kappa shape index (κ1) is 18.9. The fourth-order valence-corrected chi connectivity index (χ4v) is 3.43. The largest absolute Gasteiger partial charge is 0.261 e. The first-order valence-electron chi connectivity index (χ1n) is 8.37. The molecule has 1 heterocycles. The lowest BCUT2D eigenvalue weighted by atomic mass is 10.2. The number of nitrogens with one attached hydrogen (secondary N) is 1. The summed E-state index contributed by atoms with van der Waals surface area (Å²) < 4.78 is 1.02. The van der Waals surface area contributed by atoms with E-state index >= 15 is 0 Å². The molecular weight excluding hydrogens is 459 g/mol. The van der Waals surface area contributed by atoms with Crippen molar-refractivity contribution in [3.8, 4) is 11.4 Å². The van der Waals surface area contributed by atoms with Crippen molar-refractivity contribution in [2.45, 2.75) is 0 Å². The first-order valence-corrected chi connectivity index (χ1v) is 9.92. The maximum Gasteiger partial charge on any atom is 0.163 e. The predicted molar refractivity (Wildman–Crippen MR) is 120 cm³/mol. The van der Waals surface area contributed by atoms with E-state index in [0.29, 0.717) is 27.3 Å². The van der Waals surface area contributed by atoms with E-state index in [1.807, 2.05) is 54.6 Å². The molecule has 3 aromatic carbocycles. The van der Waals surface area contributed by atoms with Gasteiger partial charge in [-0.25, -0.2) is 9.97 Å². The minimum Gasteiger partial charge on any atom is -0.261 e. The normalized spacial score (nSPS) is 11.2. The third-order valence-electron chi connectivity index (χ3n) is 4.03. The number of benzene rings is 3. The van der Waals surface area contributed by atoms with Gasteiger partial charge >= 0.3 is 0 Å². The van der Waals surface area contributed by atoms with Gasteiger partial charge in [0.2, 0.25) is 0 Å². The molecule has 1 N–H and O–H groups in total. The van der Waals surface area contributed by atoms with Crippen LogP contribution in [0.25, 0.3) is 22.3 Å². The van der Waals surface area contributed by atoms with Crippen LogP contribution in [0.1, 0.15) is 5.56 Å². The average molecular weight is 472 g/mol. The zero-order valence-electron chi connectivity index (χ0n) is 14.4. The summed E-state index contributed by atoms with van der Waals surface area (Å²) in [6, 6.07) is 20.8. The van der Waals surface area contributed by atoms with Crippen LogP contribution in [0.5, 0.6) is 0 Å². The molecule has 4 aromatic rings. The van der Waals surface area contributed by atoms with E-state index in [-0.39, 0.29) is 0 Å². The second-order valence-corrected chi connectivity index (χ2v) is 7.72. The highest BCUT2D eigenvalue weighted by Crippen LogP contribution is 2.31. The van der Waals surface area contributed by atoms with E-state index in [1.165, 1.54) is 0 Å².